The highest BCUT2D eigenvalue weighted by Crippen LogP contribution is 2.09. The molecule has 0 saturated carbocycles. The lowest BCUT2D eigenvalue weighted by molar-refractivity contribution is 0.0697. The molecule has 0 aliphatic carbocycles. The molecule has 0 fully saturated rings. The first kappa shape index (κ1) is 15.0. The lowest BCUT2D eigenvalue weighted by atomic mass is 10.2. The third-order valence-corrected chi connectivity index (χ3v) is 2.23. The van der Waals surface area contributed by atoms with Gasteiger partial charge in [-0.3, -0.25) is 0 Å². The first-order valence-corrected chi connectivity index (χ1v) is 5.99. The number of benzene rings is 1. The Kier molecular flexibility index (Phi) is 5.81. The summed E-state index contributed by atoms with van der Waals surface area (Å²) < 4.78 is 5.28. The molecule has 0 saturated heterocycles. The van der Waals surface area contributed by atoms with Gasteiger partial charge in [0.05, 0.1) is 18.3 Å². The minimum absolute atomic E-state index is 0.133. The number of ether oxygens (including phenoxy) is 1. The monoisotopic (exact) mass is 266 g/mol. The van der Waals surface area contributed by atoms with Gasteiger partial charge in [0.1, 0.15) is 0 Å². The lowest BCUT2D eigenvalue weighted by Gasteiger charge is -2.09. The predicted molar refractivity (Wildman–Crippen MR) is 71.5 cm³/mol. The molecule has 0 spiro atoms. The van der Waals surface area contributed by atoms with Crippen molar-refractivity contribution in [2.24, 2.45) is 0 Å². The van der Waals surface area contributed by atoms with Gasteiger partial charge in [0.2, 0.25) is 0 Å². The Bertz CT molecular complexity index is 429. The van der Waals surface area contributed by atoms with E-state index in [0.29, 0.717) is 18.8 Å². The summed E-state index contributed by atoms with van der Waals surface area (Å²) in [6.07, 6.45) is 0.133. The van der Waals surface area contributed by atoms with Crippen LogP contribution in [0.15, 0.2) is 24.3 Å². The van der Waals surface area contributed by atoms with Crippen LogP contribution in [0.2, 0.25) is 0 Å². The zero-order valence-electron chi connectivity index (χ0n) is 11.0. The molecular weight excluding hydrogens is 248 g/mol. The second-order valence-corrected chi connectivity index (χ2v) is 4.18. The lowest BCUT2D eigenvalue weighted by Crippen LogP contribution is -2.32. The van der Waals surface area contributed by atoms with Crippen molar-refractivity contribution in [1.82, 2.24) is 5.32 Å². The average Bonchev–Trinajstić information content (AvgIpc) is 2.35. The summed E-state index contributed by atoms with van der Waals surface area (Å²) in [4.78, 5) is 22.1. The van der Waals surface area contributed by atoms with E-state index in [1.165, 1.54) is 24.3 Å². The Morgan fingerprint density at radius 1 is 1.26 bits per heavy atom. The molecule has 0 aliphatic heterocycles. The first-order chi connectivity index (χ1) is 8.99. The standard InChI is InChI=1S/C13H18N2O4/c1-9(2)19-8-7-14-13(18)15-11-5-3-10(4-6-11)12(16)17/h3-6,9H,7-8H2,1-2H3,(H,16,17)(H2,14,15,18). The van der Waals surface area contributed by atoms with E-state index in [4.69, 9.17) is 9.84 Å². The van der Waals surface area contributed by atoms with Gasteiger partial charge in [0.25, 0.3) is 0 Å². The fourth-order valence-corrected chi connectivity index (χ4v) is 1.33. The number of carboxylic acids is 1. The summed E-state index contributed by atoms with van der Waals surface area (Å²) in [6, 6.07) is 5.58. The fourth-order valence-electron chi connectivity index (χ4n) is 1.33. The number of carbonyl (C=O) groups excluding carboxylic acids is 1. The highest BCUT2D eigenvalue weighted by atomic mass is 16.5. The normalized spacial score (nSPS) is 10.3. The molecule has 19 heavy (non-hydrogen) atoms. The summed E-state index contributed by atoms with van der Waals surface area (Å²) in [6.45, 7) is 4.70. The molecule has 1 rings (SSSR count). The molecule has 1 aromatic carbocycles. The Labute approximate surface area is 111 Å². The van der Waals surface area contributed by atoms with Gasteiger partial charge in [-0.1, -0.05) is 0 Å². The molecular formula is C13H18N2O4. The van der Waals surface area contributed by atoms with E-state index in [0.717, 1.165) is 0 Å². The third-order valence-electron chi connectivity index (χ3n) is 2.23. The number of anilines is 1. The van der Waals surface area contributed by atoms with Gasteiger partial charge >= 0.3 is 12.0 Å². The van der Waals surface area contributed by atoms with E-state index < -0.39 is 5.97 Å². The van der Waals surface area contributed by atoms with E-state index in [-0.39, 0.29) is 17.7 Å². The Balaban J connectivity index is 2.34. The third kappa shape index (κ3) is 5.87. The highest BCUT2D eigenvalue weighted by Gasteiger charge is 2.04. The van der Waals surface area contributed by atoms with Crippen LogP contribution in [0.4, 0.5) is 10.5 Å². The smallest absolute Gasteiger partial charge is 0.335 e. The molecule has 1 aromatic rings. The highest BCUT2D eigenvalue weighted by molar-refractivity contribution is 5.91. The molecule has 0 aromatic heterocycles. The topological polar surface area (TPSA) is 87.7 Å². The van der Waals surface area contributed by atoms with Crippen LogP contribution in [0, 0.1) is 0 Å². The van der Waals surface area contributed by atoms with Crippen LogP contribution in [0.1, 0.15) is 24.2 Å². The van der Waals surface area contributed by atoms with Gasteiger partial charge in [-0.15, -0.1) is 0 Å². The summed E-state index contributed by atoms with van der Waals surface area (Å²) in [5.74, 6) is -0.998. The SMILES string of the molecule is CC(C)OCCNC(=O)Nc1ccc(C(=O)O)cc1. The number of amides is 2. The largest absolute Gasteiger partial charge is 0.478 e. The summed E-state index contributed by atoms with van der Waals surface area (Å²) >= 11 is 0. The summed E-state index contributed by atoms with van der Waals surface area (Å²) in [5, 5.41) is 14.0. The quantitative estimate of drug-likeness (QED) is 0.686. The average molecular weight is 266 g/mol. The Hall–Kier alpha value is -2.08. The van der Waals surface area contributed by atoms with Crippen molar-refractivity contribution >= 4 is 17.7 Å². The Morgan fingerprint density at radius 2 is 1.89 bits per heavy atom. The number of hydrogen-bond acceptors (Lipinski definition) is 3. The second kappa shape index (κ2) is 7.38. The minimum Gasteiger partial charge on any atom is -0.478 e. The van der Waals surface area contributed by atoms with E-state index >= 15 is 0 Å². The van der Waals surface area contributed by atoms with Gasteiger partial charge in [-0.25, -0.2) is 9.59 Å². The zero-order chi connectivity index (χ0) is 14.3. The zero-order valence-corrected chi connectivity index (χ0v) is 11.0. The first-order valence-electron chi connectivity index (χ1n) is 5.99. The van der Waals surface area contributed by atoms with Crippen molar-refractivity contribution in [3.63, 3.8) is 0 Å². The minimum atomic E-state index is -0.998. The van der Waals surface area contributed by atoms with Crippen molar-refractivity contribution in [3.05, 3.63) is 29.8 Å². The maximum absolute atomic E-state index is 11.5. The van der Waals surface area contributed by atoms with Crippen LogP contribution in [0.5, 0.6) is 0 Å². The molecule has 6 heteroatoms. The number of carbonyl (C=O) groups is 2. The van der Waals surface area contributed by atoms with Crippen molar-refractivity contribution in [1.29, 1.82) is 0 Å². The van der Waals surface area contributed by atoms with Crippen LogP contribution >= 0.6 is 0 Å². The molecule has 0 atom stereocenters. The van der Waals surface area contributed by atoms with Crippen molar-refractivity contribution in [2.75, 3.05) is 18.5 Å². The number of hydrogen-bond donors (Lipinski definition) is 3. The van der Waals surface area contributed by atoms with Crippen molar-refractivity contribution in [3.8, 4) is 0 Å². The van der Waals surface area contributed by atoms with Gasteiger partial charge in [0.15, 0.2) is 0 Å². The van der Waals surface area contributed by atoms with Crippen LogP contribution in [-0.2, 0) is 4.74 Å². The molecule has 0 bridgehead atoms. The van der Waals surface area contributed by atoms with Crippen LogP contribution in [-0.4, -0.2) is 36.4 Å². The number of rotatable bonds is 6. The number of aromatic carboxylic acids is 1. The van der Waals surface area contributed by atoms with Crippen molar-refractivity contribution < 1.29 is 19.4 Å². The van der Waals surface area contributed by atoms with Crippen LogP contribution < -0.4 is 10.6 Å². The summed E-state index contributed by atoms with van der Waals surface area (Å²) in [5.41, 5.74) is 0.712. The van der Waals surface area contributed by atoms with Crippen LogP contribution in [0.3, 0.4) is 0 Å². The molecule has 0 radical (unpaired) electrons. The molecule has 0 unspecified atom stereocenters. The van der Waals surface area contributed by atoms with Gasteiger partial charge in [-0.2, -0.15) is 0 Å². The number of nitrogens with one attached hydrogen (secondary N) is 2. The van der Waals surface area contributed by atoms with Crippen molar-refractivity contribution in [2.45, 2.75) is 20.0 Å². The molecule has 104 valence electrons. The molecule has 3 N–H and O–H groups in total. The molecule has 6 nitrogen and oxygen atoms in total. The fraction of sp³-hybridized carbons (Fsp3) is 0.385. The maximum Gasteiger partial charge on any atom is 0.335 e. The Morgan fingerprint density at radius 3 is 2.42 bits per heavy atom. The van der Waals surface area contributed by atoms with Gasteiger partial charge in [-0.05, 0) is 38.1 Å². The molecule has 2 amide bonds. The second-order valence-electron chi connectivity index (χ2n) is 4.18. The van der Waals surface area contributed by atoms with E-state index in [1.54, 1.807) is 0 Å². The van der Waals surface area contributed by atoms with E-state index in [1.807, 2.05) is 13.8 Å². The van der Waals surface area contributed by atoms with E-state index in [2.05, 4.69) is 10.6 Å². The van der Waals surface area contributed by atoms with E-state index in [9.17, 15) is 9.59 Å². The molecule has 0 aliphatic rings. The summed E-state index contributed by atoms with van der Waals surface area (Å²) in [7, 11) is 0. The number of carboxylic acid groups (broad SMARTS) is 1. The van der Waals surface area contributed by atoms with Gasteiger partial charge in [0, 0.05) is 12.2 Å². The number of urea groups is 1. The molecule has 0 heterocycles. The van der Waals surface area contributed by atoms with Crippen LogP contribution in [0.25, 0.3) is 0 Å². The van der Waals surface area contributed by atoms with Gasteiger partial charge < -0.3 is 20.5 Å². The maximum atomic E-state index is 11.5. The predicted octanol–water partition coefficient (Wildman–Crippen LogP) is 1.93.